The van der Waals surface area contributed by atoms with Crippen LogP contribution >= 0.6 is 11.3 Å². The number of aromatic nitrogens is 1. The van der Waals surface area contributed by atoms with Gasteiger partial charge >= 0.3 is 12.1 Å². The second-order valence-electron chi connectivity index (χ2n) is 10.4. The lowest BCUT2D eigenvalue weighted by Crippen LogP contribution is -2.39. The summed E-state index contributed by atoms with van der Waals surface area (Å²) in [6, 6.07) is 5.63. The summed E-state index contributed by atoms with van der Waals surface area (Å²) in [6.45, 7) is 8.63. The first-order valence-electron chi connectivity index (χ1n) is 12.1. The first-order chi connectivity index (χ1) is 16.5. The van der Waals surface area contributed by atoms with E-state index in [4.69, 9.17) is 14.8 Å². The number of benzene rings is 1. The van der Waals surface area contributed by atoms with Gasteiger partial charge in [0.2, 0.25) is 0 Å². The van der Waals surface area contributed by atoms with Crippen LogP contribution in [0, 0.1) is 12.8 Å². The summed E-state index contributed by atoms with van der Waals surface area (Å²) in [5.41, 5.74) is 3.01. The van der Waals surface area contributed by atoms with E-state index in [1.54, 1.807) is 16.2 Å². The number of aryl methyl sites for hydroxylation is 1. The number of hydrogen-bond donors (Lipinski definition) is 2. The van der Waals surface area contributed by atoms with Crippen LogP contribution in [0.2, 0.25) is 0 Å². The number of fused-ring (bicyclic) bond motifs is 1. The Balaban J connectivity index is 1.41. The normalized spacial score (nSPS) is 20.2. The lowest BCUT2D eigenvalue weighted by atomic mass is 9.86. The zero-order valence-corrected chi connectivity index (χ0v) is 21.5. The largest absolute Gasteiger partial charge is 0.481 e. The maximum Gasteiger partial charge on any atom is 0.410 e. The van der Waals surface area contributed by atoms with E-state index < -0.39 is 11.6 Å². The fourth-order valence-corrected chi connectivity index (χ4v) is 5.81. The maximum atomic E-state index is 12.8. The number of ether oxygens (including phenoxy) is 1. The number of nitrogens with zero attached hydrogens (tertiary/aromatic N) is 2. The van der Waals surface area contributed by atoms with Crippen LogP contribution in [0.4, 0.5) is 4.79 Å². The third-order valence-electron chi connectivity index (χ3n) is 6.51. The highest BCUT2D eigenvalue weighted by atomic mass is 32.1. The number of carboxylic acid groups (broad SMARTS) is 1. The van der Waals surface area contributed by atoms with Crippen molar-refractivity contribution in [2.75, 3.05) is 6.54 Å². The minimum Gasteiger partial charge on any atom is -0.481 e. The van der Waals surface area contributed by atoms with Gasteiger partial charge in [0.1, 0.15) is 10.6 Å². The maximum absolute atomic E-state index is 12.8. The second-order valence-corrected chi connectivity index (χ2v) is 11.5. The molecule has 1 fully saturated rings. The van der Waals surface area contributed by atoms with Crippen LogP contribution in [0.3, 0.4) is 0 Å². The van der Waals surface area contributed by atoms with Crippen molar-refractivity contribution in [2.45, 2.75) is 78.0 Å². The molecular formula is C26H33N3O5S. The highest BCUT2D eigenvalue weighted by Gasteiger charge is 2.29. The van der Waals surface area contributed by atoms with Crippen molar-refractivity contribution < 1.29 is 24.2 Å². The number of thiazole rings is 1. The van der Waals surface area contributed by atoms with Crippen molar-refractivity contribution in [1.29, 1.82) is 0 Å². The van der Waals surface area contributed by atoms with Crippen LogP contribution in [-0.2, 0) is 22.5 Å². The molecule has 0 atom stereocenters. The molecule has 1 saturated carbocycles. The third-order valence-corrected chi connectivity index (χ3v) is 7.63. The van der Waals surface area contributed by atoms with Crippen LogP contribution in [-0.4, -0.2) is 51.1 Å². The summed E-state index contributed by atoms with van der Waals surface area (Å²) in [4.78, 5) is 44.0. The van der Waals surface area contributed by atoms with E-state index >= 15 is 0 Å². The average molecular weight is 500 g/mol. The van der Waals surface area contributed by atoms with E-state index in [0.29, 0.717) is 50.8 Å². The van der Waals surface area contributed by atoms with Crippen molar-refractivity contribution in [3.05, 3.63) is 39.9 Å². The molecule has 35 heavy (non-hydrogen) atoms. The average Bonchev–Trinajstić information content (AvgIpc) is 3.21. The van der Waals surface area contributed by atoms with Gasteiger partial charge < -0.3 is 20.1 Å². The molecule has 4 rings (SSSR count). The number of hydrogen-bond acceptors (Lipinski definition) is 6. The Bertz CT molecular complexity index is 1130. The van der Waals surface area contributed by atoms with Crippen molar-refractivity contribution in [2.24, 2.45) is 5.92 Å². The Morgan fingerprint density at radius 2 is 1.89 bits per heavy atom. The fraction of sp³-hybridized carbons (Fsp3) is 0.538. The molecule has 1 aliphatic carbocycles. The van der Waals surface area contributed by atoms with Crippen molar-refractivity contribution in [1.82, 2.24) is 15.2 Å². The molecule has 1 aliphatic heterocycles. The predicted molar refractivity (Wildman–Crippen MR) is 133 cm³/mol. The molecule has 1 aromatic carbocycles. The number of carbonyl (C=O) groups is 3. The SMILES string of the molecule is Cc1cc(C(=O)NC2CCC(C(=O)O)CC2)ccc1-c1nc2c(s1)CN(C(=O)OC(C)(C)C)CC2. The number of aliphatic carboxylic acids is 1. The molecule has 2 aliphatic rings. The molecule has 8 nitrogen and oxygen atoms in total. The summed E-state index contributed by atoms with van der Waals surface area (Å²) in [5.74, 6) is -1.18. The molecule has 0 saturated heterocycles. The smallest absolute Gasteiger partial charge is 0.410 e. The molecule has 1 aromatic heterocycles. The molecular weight excluding hydrogens is 466 g/mol. The lowest BCUT2D eigenvalue weighted by Gasteiger charge is -2.29. The summed E-state index contributed by atoms with van der Waals surface area (Å²) in [7, 11) is 0. The van der Waals surface area contributed by atoms with Crippen molar-refractivity contribution in [3.63, 3.8) is 0 Å². The summed E-state index contributed by atoms with van der Waals surface area (Å²) >= 11 is 1.58. The Hall–Kier alpha value is -2.94. The van der Waals surface area contributed by atoms with Crippen LogP contribution in [0.25, 0.3) is 10.6 Å². The number of nitrogens with one attached hydrogen (secondary N) is 1. The van der Waals surface area contributed by atoms with E-state index in [0.717, 1.165) is 26.7 Å². The first-order valence-corrected chi connectivity index (χ1v) is 12.9. The van der Waals surface area contributed by atoms with Gasteiger partial charge in [0, 0.05) is 35.0 Å². The number of rotatable bonds is 4. The zero-order chi connectivity index (χ0) is 25.3. The van der Waals surface area contributed by atoms with E-state index in [1.165, 1.54) is 0 Å². The zero-order valence-electron chi connectivity index (χ0n) is 20.7. The number of carboxylic acids is 1. The number of amides is 2. The van der Waals surface area contributed by atoms with Gasteiger partial charge in [-0.05, 0) is 71.1 Å². The summed E-state index contributed by atoms with van der Waals surface area (Å²) in [6.07, 6.45) is 2.95. The van der Waals surface area contributed by atoms with Crippen LogP contribution in [0.5, 0.6) is 0 Å². The van der Waals surface area contributed by atoms with Gasteiger partial charge in [-0.15, -0.1) is 11.3 Å². The third kappa shape index (κ3) is 6.01. The molecule has 0 unspecified atom stereocenters. The van der Waals surface area contributed by atoms with E-state index in [-0.39, 0.29) is 24.0 Å². The monoisotopic (exact) mass is 499 g/mol. The van der Waals surface area contributed by atoms with Gasteiger partial charge in [-0.2, -0.15) is 0 Å². The van der Waals surface area contributed by atoms with Gasteiger partial charge in [0.05, 0.1) is 18.2 Å². The Morgan fingerprint density at radius 1 is 1.17 bits per heavy atom. The molecule has 2 heterocycles. The lowest BCUT2D eigenvalue weighted by molar-refractivity contribution is -0.142. The molecule has 0 spiro atoms. The molecule has 0 bridgehead atoms. The topological polar surface area (TPSA) is 109 Å². The predicted octanol–water partition coefficient (Wildman–Crippen LogP) is 4.78. The quantitative estimate of drug-likeness (QED) is 0.626. The van der Waals surface area contributed by atoms with Crippen LogP contribution in [0.1, 0.15) is 72.9 Å². The van der Waals surface area contributed by atoms with Gasteiger partial charge in [0.15, 0.2) is 0 Å². The molecule has 0 radical (unpaired) electrons. The standard InChI is InChI=1S/C26H33N3O5S/c1-15-13-17(22(30)27-18-8-5-16(6-9-18)24(31)32)7-10-19(15)23-28-20-11-12-29(14-21(20)35-23)25(33)34-26(2,3)4/h7,10,13,16,18H,5-6,8-9,11-12,14H2,1-4H3,(H,27,30)(H,31,32). The second kappa shape index (κ2) is 9.97. The Morgan fingerprint density at radius 3 is 2.51 bits per heavy atom. The van der Waals surface area contributed by atoms with E-state index in [2.05, 4.69) is 5.32 Å². The van der Waals surface area contributed by atoms with E-state index in [9.17, 15) is 14.4 Å². The molecule has 9 heteroatoms. The Labute approximate surface area is 209 Å². The van der Waals surface area contributed by atoms with Gasteiger partial charge in [-0.1, -0.05) is 6.07 Å². The molecule has 2 aromatic rings. The summed E-state index contributed by atoms with van der Waals surface area (Å²) in [5, 5.41) is 13.1. The molecule has 2 amide bonds. The van der Waals surface area contributed by atoms with Crippen molar-refractivity contribution >= 4 is 29.3 Å². The van der Waals surface area contributed by atoms with Gasteiger partial charge in [0.25, 0.3) is 5.91 Å². The first kappa shape index (κ1) is 25.2. The van der Waals surface area contributed by atoms with E-state index in [1.807, 2.05) is 45.9 Å². The molecule has 2 N–H and O–H groups in total. The minimum absolute atomic E-state index is 0.0108. The van der Waals surface area contributed by atoms with Crippen LogP contribution < -0.4 is 5.32 Å². The number of carbonyl (C=O) groups excluding carboxylic acids is 2. The fourth-order valence-electron chi connectivity index (χ4n) is 4.59. The highest BCUT2D eigenvalue weighted by Crippen LogP contribution is 2.34. The summed E-state index contributed by atoms with van der Waals surface area (Å²) < 4.78 is 5.52. The van der Waals surface area contributed by atoms with Gasteiger partial charge in [-0.3, -0.25) is 9.59 Å². The van der Waals surface area contributed by atoms with Gasteiger partial charge in [-0.25, -0.2) is 9.78 Å². The minimum atomic E-state index is -0.748. The van der Waals surface area contributed by atoms with Crippen molar-refractivity contribution in [3.8, 4) is 10.6 Å². The molecule has 188 valence electrons. The Kier molecular flexibility index (Phi) is 7.17. The highest BCUT2D eigenvalue weighted by molar-refractivity contribution is 7.15. The van der Waals surface area contributed by atoms with Crippen LogP contribution in [0.15, 0.2) is 18.2 Å².